The molecule has 2 aliphatic carbocycles. The monoisotopic (exact) mass is 454 g/mol. The maximum atomic E-state index is 13.6. The van der Waals surface area contributed by atoms with Crippen molar-refractivity contribution in [1.29, 1.82) is 0 Å². The predicted molar refractivity (Wildman–Crippen MR) is 127 cm³/mol. The first kappa shape index (κ1) is 21.5. The highest BCUT2D eigenvalue weighted by molar-refractivity contribution is 7.97. The Morgan fingerprint density at radius 3 is 2.56 bits per heavy atom. The van der Waals surface area contributed by atoms with E-state index in [4.69, 9.17) is 0 Å². The highest BCUT2D eigenvalue weighted by atomic mass is 32.2. The number of hydrogen-bond acceptors (Lipinski definition) is 5. The Balaban J connectivity index is 1.52. The van der Waals surface area contributed by atoms with Gasteiger partial charge in [0.1, 0.15) is 0 Å². The number of carbonyl (C=O) groups is 1. The highest BCUT2D eigenvalue weighted by Crippen LogP contribution is 2.38. The van der Waals surface area contributed by atoms with Crippen molar-refractivity contribution in [3.63, 3.8) is 0 Å². The van der Waals surface area contributed by atoms with E-state index in [2.05, 4.69) is 18.2 Å². The minimum absolute atomic E-state index is 0.0982. The van der Waals surface area contributed by atoms with E-state index in [9.17, 15) is 14.4 Å². The summed E-state index contributed by atoms with van der Waals surface area (Å²) in [5.74, 6) is 0.415. The van der Waals surface area contributed by atoms with E-state index < -0.39 is 0 Å². The third-order valence-electron chi connectivity index (χ3n) is 7.01. The summed E-state index contributed by atoms with van der Waals surface area (Å²) in [6.07, 6.45) is 7.09. The first-order valence-corrected chi connectivity index (χ1v) is 12.3. The number of aromatic nitrogens is 2. The van der Waals surface area contributed by atoms with Gasteiger partial charge in [-0.15, -0.1) is 0 Å². The maximum Gasteiger partial charge on any atom is 0.331 e. The number of hydrogen-bond donors (Lipinski definition) is 1. The predicted octanol–water partition coefficient (Wildman–Crippen LogP) is 3.07. The number of benzene rings is 1. The van der Waals surface area contributed by atoms with Crippen molar-refractivity contribution in [3.8, 4) is 0 Å². The summed E-state index contributed by atoms with van der Waals surface area (Å²) in [6.45, 7) is 7.47. The van der Waals surface area contributed by atoms with Crippen LogP contribution >= 0.6 is 11.9 Å². The number of rotatable bonds is 7. The van der Waals surface area contributed by atoms with Crippen LogP contribution in [0.3, 0.4) is 0 Å². The molecule has 0 bridgehead atoms. The van der Waals surface area contributed by atoms with Crippen LogP contribution in [0.2, 0.25) is 0 Å². The van der Waals surface area contributed by atoms with Gasteiger partial charge < -0.3 is 4.90 Å². The van der Waals surface area contributed by atoms with Crippen LogP contribution in [0.25, 0.3) is 10.9 Å². The molecule has 170 valence electrons. The van der Waals surface area contributed by atoms with Crippen molar-refractivity contribution in [1.82, 2.24) is 18.8 Å². The Labute approximate surface area is 191 Å². The lowest BCUT2D eigenvalue weighted by molar-refractivity contribution is -0.127. The Kier molecular flexibility index (Phi) is 5.53. The number of likely N-dealkylation sites (tertiary alicyclic amines) is 1. The average Bonchev–Trinajstić information content (AvgIpc) is 3.74. The van der Waals surface area contributed by atoms with E-state index >= 15 is 0 Å². The molecule has 1 aromatic carbocycles. The van der Waals surface area contributed by atoms with Crippen LogP contribution in [0.1, 0.15) is 51.5 Å². The van der Waals surface area contributed by atoms with Crippen molar-refractivity contribution < 1.29 is 4.79 Å². The molecule has 0 atom stereocenters. The van der Waals surface area contributed by atoms with Gasteiger partial charge in [-0.25, -0.2) is 4.79 Å². The molecule has 8 heteroatoms. The number of fused-ring (bicyclic) bond motifs is 1. The topological polar surface area (TPSA) is 76.3 Å². The Morgan fingerprint density at radius 1 is 1.22 bits per heavy atom. The molecule has 1 amide bonds. The summed E-state index contributed by atoms with van der Waals surface area (Å²) in [5.41, 5.74) is 0.475. The van der Waals surface area contributed by atoms with Gasteiger partial charge in [-0.3, -0.25) is 23.4 Å². The van der Waals surface area contributed by atoms with E-state index in [-0.39, 0.29) is 28.7 Å². The molecule has 7 nitrogen and oxygen atoms in total. The zero-order valence-electron chi connectivity index (χ0n) is 18.5. The van der Waals surface area contributed by atoms with Gasteiger partial charge >= 0.3 is 5.69 Å². The SMILES string of the molecule is C=CC(=O)N1CCC(n2c(=O)c3cc(SNC4(C)CC4)ccc3n(CC3CC3)c2=O)CC1. The first-order valence-electron chi connectivity index (χ1n) is 11.5. The molecular formula is C24H30N4O3S. The van der Waals surface area contributed by atoms with Crippen molar-refractivity contribution in [2.45, 2.75) is 68.5 Å². The minimum atomic E-state index is -0.217. The molecule has 2 saturated carbocycles. The number of amides is 1. The molecule has 2 heterocycles. The summed E-state index contributed by atoms with van der Waals surface area (Å²) in [7, 11) is 0. The molecule has 5 rings (SSSR count). The van der Waals surface area contributed by atoms with Crippen LogP contribution in [0, 0.1) is 5.92 Å². The standard InChI is InChI=1S/C24H30N4O3S/c1-3-21(29)26-12-8-17(9-13-26)28-22(30)19-14-18(32-25-24(2)10-11-24)6-7-20(19)27(23(28)31)15-16-4-5-16/h3,6-7,14,16-17,25H,1,4-5,8-13,15H2,2H3. The Hall–Kier alpha value is -2.32. The third-order valence-corrected chi connectivity index (χ3v) is 8.10. The highest BCUT2D eigenvalue weighted by Gasteiger charge is 2.37. The molecule has 1 aromatic heterocycles. The van der Waals surface area contributed by atoms with Gasteiger partial charge in [-0.05, 0) is 87.6 Å². The van der Waals surface area contributed by atoms with E-state index in [1.807, 2.05) is 18.2 Å². The first-order chi connectivity index (χ1) is 15.4. The summed E-state index contributed by atoms with van der Waals surface area (Å²) in [5, 5.41) is 0.600. The van der Waals surface area contributed by atoms with Crippen LogP contribution in [0.15, 0.2) is 45.3 Å². The van der Waals surface area contributed by atoms with Crippen LogP contribution in [0.4, 0.5) is 0 Å². The summed E-state index contributed by atoms with van der Waals surface area (Å²) < 4.78 is 6.76. The molecule has 2 aromatic rings. The van der Waals surface area contributed by atoms with E-state index in [0.29, 0.717) is 43.8 Å². The van der Waals surface area contributed by atoms with E-state index in [0.717, 1.165) is 36.1 Å². The average molecular weight is 455 g/mol. The fourth-order valence-corrected chi connectivity index (χ4v) is 5.32. The van der Waals surface area contributed by atoms with Gasteiger partial charge in [0.15, 0.2) is 0 Å². The van der Waals surface area contributed by atoms with Crippen LogP contribution in [-0.2, 0) is 11.3 Å². The Bertz CT molecular complexity index is 1180. The van der Waals surface area contributed by atoms with Crippen molar-refractivity contribution in [2.24, 2.45) is 5.92 Å². The molecule has 32 heavy (non-hydrogen) atoms. The molecular weight excluding hydrogens is 424 g/mol. The summed E-state index contributed by atoms with van der Waals surface area (Å²) >= 11 is 1.56. The smallest absolute Gasteiger partial charge is 0.331 e. The lowest BCUT2D eigenvalue weighted by Gasteiger charge is -2.32. The van der Waals surface area contributed by atoms with E-state index in [1.165, 1.54) is 10.6 Å². The maximum absolute atomic E-state index is 13.6. The normalized spacial score (nSPS) is 20.5. The summed E-state index contributed by atoms with van der Waals surface area (Å²) in [4.78, 5) is 41.7. The van der Waals surface area contributed by atoms with Crippen LogP contribution in [0.5, 0.6) is 0 Å². The minimum Gasteiger partial charge on any atom is -0.339 e. The van der Waals surface area contributed by atoms with Gasteiger partial charge in [0.25, 0.3) is 5.56 Å². The van der Waals surface area contributed by atoms with E-state index in [1.54, 1.807) is 21.4 Å². The second-order valence-corrected chi connectivity index (χ2v) is 10.6. The molecule has 3 aliphatic rings. The molecule has 0 radical (unpaired) electrons. The quantitative estimate of drug-likeness (QED) is 0.514. The second-order valence-electron chi connectivity index (χ2n) is 9.72. The van der Waals surface area contributed by atoms with Crippen molar-refractivity contribution in [2.75, 3.05) is 13.1 Å². The number of nitrogens with zero attached hydrogens (tertiary/aromatic N) is 3. The van der Waals surface area contributed by atoms with Gasteiger partial charge in [0, 0.05) is 36.1 Å². The number of piperidine rings is 1. The molecule has 1 aliphatic heterocycles. The largest absolute Gasteiger partial charge is 0.339 e. The molecule has 0 unspecified atom stereocenters. The molecule has 0 spiro atoms. The molecule has 1 N–H and O–H groups in total. The van der Waals surface area contributed by atoms with Gasteiger partial charge in [-0.2, -0.15) is 0 Å². The Morgan fingerprint density at radius 2 is 1.94 bits per heavy atom. The van der Waals surface area contributed by atoms with Gasteiger partial charge in [0.2, 0.25) is 5.91 Å². The van der Waals surface area contributed by atoms with Crippen molar-refractivity contribution in [3.05, 3.63) is 51.7 Å². The van der Waals surface area contributed by atoms with Crippen molar-refractivity contribution >= 4 is 28.8 Å². The number of carbonyl (C=O) groups excluding carboxylic acids is 1. The summed E-state index contributed by atoms with van der Waals surface area (Å²) in [6, 6.07) is 5.66. The third kappa shape index (κ3) is 4.18. The fraction of sp³-hybridized carbons (Fsp3) is 0.542. The van der Waals surface area contributed by atoms with Gasteiger partial charge in [0.05, 0.1) is 10.9 Å². The van der Waals surface area contributed by atoms with Crippen LogP contribution < -0.4 is 16.0 Å². The zero-order valence-corrected chi connectivity index (χ0v) is 19.3. The lowest BCUT2D eigenvalue weighted by atomic mass is 10.0. The fourth-order valence-electron chi connectivity index (χ4n) is 4.44. The molecule has 1 saturated heterocycles. The number of nitrogens with one attached hydrogen (secondary N) is 1. The van der Waals surface area contributed by atoms with Gasteiger partial charge in [-0.1, -0.05) is 6.58 Å². The van der Waals surface area contributed by atoms with Crippen LogP contribution in [-0.4, -0.2) is 38.6 Å². The molecule has 3 fully saturated rings. The lowest BCUT2D eigenvalue weighted by Crippen LogP contribution is -2.46. The second kappa shape index (κ2) is 8.23. The zero-order chi connectivity index (χ0) is 22.5.